The molecule has 0 rings (SSSR count). The van der Waals surface area contributed by atoms with Crippen LogP contribution in [0.2, 0.25) is 0 Å². The Morgan fingerprint density at radius 1 is 0.312 bits per heavy atom. The van der Waals surface area contributed by atoms with Crippen LogP contribution in [0.15, 0.2) is 0 Å². The average molecular weight is 387 g/mol. The molecule has 0 spiro atoms. The van der Waals surface area contributed by atoms with Crippen LogP contribution in [0.25, 0.3) is 0 Å². The van der Waals surface area contributed by atoms with Crippen molar-refractivity contribution in [1.29, 1.82) is 0 Å². The fourth-order valence-electron chi connectivity index (χ4n) is 0. The van der Waals surface area contributed by atoms with Gasteiger partial charge in [-0.05, 0) is 0 Å². The van der Waals surface area contributed by atoms with Crippen molar-refractivity contribution < 1.29 is 83.7 Å². The predicted octanol–water partition coefficient (Wildman–Crippen LogP) is -2.62. The summed E-state index contributed by atoms with van der Waals surface area (Å²) in [7, 11) is 0. The third-order valence-corrected chi connectivity index (χ3v) is 0. The zero-order valence-corrected chi connectivity index (χ0v) is 9.57. The van der Waals surface area contributed by atoms with Gasteiger partial charge in [0.1, 0.15) is 0 Å². The van der Waals surface area contributed by atoms with Crippen molar-refractivity contribution in [3.05, 3.63) is 0 Å². The van der Waals surface area contributed by atoms with Crippen molar-refractivity contribution >= 4 is 17.4 Å². The van der Waals surface area contributed by atoms with Crippen molar-refractivity contribution in [3.8, 4) is 0 Å². The average Bonchev–Trinajstić information content (AvgIpc) is 1.41. The zero-order chi connectivity index (χ0) is 13.5. The predicted molar refractivity (Wildman–Crippen MR) is 18.2 cm³/mol. The molecule has 0 atom stereocenters. The monoisotopic (exact) mass is 387 g/mol. The van der Waals surface area contributed by atoms with Gasteiger partial charge in [0.25, 0.3) is 0 Å². The Kier molecular flexibility index (Phi) is 13.6. The van der Waals surface area contributed by atoms with E-state index in [0.29, 0.717) is 0 Å². The maximum atomic E-state index is 8.58. The van der Waals surface area contributed by atoms with E-state index < -0.39 is 37.7 Å². The van der Waals surface area contributed by atoms with Crippen molar-refractivity contribution in [2.45, 2.75) is 0 Å². The quantitative estimate of drug-likeness (QED) is 0.392. The van der Waals surface area contributed by atoms with Crippen LogP contribution in [-0.2, 0) is 83.7 Å². The van der Waals surface area contributed by atoms with Crippen LogP contribution < -0.4 is 0 Å². The molecule has 0 aromatic heterocycles. The Labute approximate surface area is 101 Å². The van der Waals surface area contributed by atoms with Gasteiger partial charge in [0.15, 0.2) is 17.4 Å². The molecule has 0 N–H and O–H groups in total. The number of hydrogen-bond acceptors (Lipinski definition) is 12. The first-order valence-electron chi connectivity index (χ1n) is 1.85. The number of rotatable bonds is 0. The normalized spacial score (nSPS) is 10.5. The molecule has 0 aromatic rings. The van der Waals surface area contributed by atoms with Crippen molar-refractivity contribution in [2.75, 3.05) is 0 Å². The van der Waals surface area contributed by atoms with Gasteiger partial charge in [-0.1, -0.05) is 0 Å². The van der Waals surface area contributed by atoms with Gasteiger partial charge >= 0.3 is 83.7 Å². The molecule has 0 saturated carbocycles. The summed E-state index contributed by atoms with van der Waals surface area (Å²) in [4.78, 5) is 0. The first-order chi connectivity index (χ1) is 6.00. The maximum absolute atomic E-state index is 8.58. The van der Waals surface area contributed by atoms with Crippen molar-refractivity contribution in [2.24, 2.45) is 0 Å². The minimum atomic E-state index is -5.62. The topological polar surface area (TPSA) is 205 Å². The summed E-state index contributed by atoms with van der Waals surface area (Å²) in [6.45, 7) is 0. The summed E-state index contributed by atoms with van der Waals surface area (Å²) in [5.41, 5.74) is 0. The van der Waals surface area contributed by atoms with Gasteiger partial charge in [-0.25, -0.2) is 0 Å². The van der Waals surface area contributed by atoms with E-state index in [1.807, 2.05) is 0 Å². The third-order valence-electron chi connectivity index (χ3n) is 0. The van der Waals surface area contributed by atoms with E-state index >= 15 is 0 Å². The Hall–Kier alpha value is -0.309. The van der Waals surface area contributed by atoms with E-state index in [9.17, 15) is 0 Å². The van der Waals surface area contributed by atoms with Gasteiger partial charge in [-0.3, -0.25) is 0 Å². The van der Waals surface area contributed by atoms with E-state index in [2.05, 4.69) is 0 Å². The van der Waals surface area contributed by atoms with Gasteiger partial charge in [0, 0.05) is 0 Å². The Morgan fingerprint density at radius 3 is 0.312 bits per heavy atom. The number of hydrogen-bond donors (Lipinski definition) is 0. The summed E-state index contributed by atoms with van der Waals surface area (Å²) in [6.07, 6.45) is 0. The van der Waals surface area contributed by atoms with E-state index in [-0.39, 0.29) is 17.4 Å². The molecule has 0 aromatic carbocycles. The van der Waals surface area contributed by atoms with Crippen LogP contribution in [0.3, 0.4) is 0 Å². The minimum absolute atomic E-state index is 0. The Morgan fingerprint density at radius 2 is 0.312 bits per heavy atom. The third kappa shape index (κ3) is 23100. The molecular weight excluding hydrogens is 384 g/mol. The molecular formula is H3AlMn3O12. The summed E-state index contributed by atoms with van der Waals surface area (Å²) in [5, 5.41) is 0. The van der Waals surface area contributed by atoms with Gasteiger partial charge < -0.3 is 0 Å². The van der Waals surface area contributed by atoms with Gasteiger partial charge in [0.05, 0.1) is 0 Å². The van der Waals surface area contributed by atoms with Crippen molar-refractivity contribution in [1.82, 2.24) is 0 Å². The molecule has 0 unspecified atom stereocenters. The standard InChI is InChI=1S/Al.3Mn.12O.3H. The zero-order valence-electron chi connectivity index (χ0n) is 6.03. The van der Waals surface area contributed by atoms with Crippen LogP contribution in [0.1, 0.15) is 0 Å². The molecule has 0 aliphatic heterocycles. The molecule has 12 nitrogen and oxygen atoms in total. The molecule has 0 fully saturated rings. The van der Waals surface area contributed by atoms with E-state index in [1.54, 1.807) is 0 Å². The van der Waals surface area contributed by atoms with Crippen LogP contribution in [-0.4, -0.2) is 17.4 Å². The summed E-state index contributed by atoms with van der Waals surface area (Å²) in [6, 6.07) is 0. The SMILES string of the molecule is [AlH3].[O]=[Mn](=[O])(=[O])=[O].[O]=[Mn](=[O])(=[O])=[O].[O]=[Mn](=[O])(=[O])=[O]. The molecule has 0 radical (unpaired) electrons. The van der Waals surface area contributed by atoms with Gasteiger partial charge in [-0.15, -0.1) is 0 Å². The van der Waals surface area contributed by atoms with Crippen LogP contribution in [0.4, 0.5) is 0 Å². The molecule has 16 heteroatoms. The summed E-state index contributed by atoms with van der Waals surface area (Å²) >= 11 is -16.9. The molecule has 0 bridgehead atoms. The van der Waals surface area contributed by atoms with Crippen LogP contribution >= 0.6 is 0 Å². The Balaban J connectivity index is -0.0000000655. The Bertz CT molecular complexity index is 603. The van der Waals surface area contributed by atoms with E-state index in [4.69, 9.17) is 46.0 Å². The second-order valence-electron chi connectivity index (χ2n) is 1.13. The summed E-state index contributed by atoms with van der Waals surface area (Å²) in [5.74, 6) is 0. The molecule has 0 aliphatic carbocycles. The molecule has 16 heavy (non-hydrogen) atoms. The van der Waals surface area contributed by atoms with Gasteiger partial charge in [-0.2, -0.15) is 0 Å². The van der Waals surface area contributed by atoms with Crippen molar-refractivity contribution in [3.63, 3.8) is 0 Å². The first-order valence-corrected chi connectivity index (χ1v) is 7.63. The first kappa shape index (κ1) is 24.8. The molecule has 0 amide bonds. The summed E-state index contributed by atoms with van der Waals surface area (Å²) < 4.78 is 103. The fraction of sp³-hybridized carbons (Fsp3) is 0. The second-order valence-corrected chi connectivity index (χ2v) is 4.68. The van der Waals surface area contributed by atoms with Crippen LogP contribution in [0.5, 0.6) is 0 Å². The fourth-order valence-corrected chi connectivity index (χ4v) is 0. The molecule has 0 aliphatic rings. The van der Waals surface area contributed by atoms with Crippen LogP contribution in [0, 0.1) is 0 Å². The second kappa shape index (κ2) is 8.80. The van der Waals surface area contributed by atoms with E-state index in [0.717, 1.165) is 0 Å². The molecule has 0 saturated heterocycles. The van der Waals surface area contributed by atoms with E-state index in [1.165, 1.54) is 0 Å². The van der Waals surface area contributed by atoms with Gasteiger partial charge in [0.2, 0.25) is 0 Å². The molecule has 99 valence electrons. The molecule has 0 heterocycles.